The summed E-state index contributed by atoms with van der Waals surface area (Å²) in [6.45, 7) is 1.28. The lowest BCUT2D eigenvalue weighted by Crippen LogP contribution is -2.40. The number of anilines is 1. The van der Waals surface area contributed by atoms with E-state index in [1.165, 1.54) is 19.1 Å². The summed E-state index contributed by atoms with van der Waals surface area (Å²) in [5.41, 5.74) is -3.66. The van der Waals surface area contributed by atoms with Gasteiger partial charge in [0.15, 0.2) is 0 Å². The molecule has 0 aliphatic carbocycles. The minimum atomic E-state index is -4.75. The van der Waals surface area contributed by atoms with E-state index in [0.717, 1.165) is 31.7 Å². The van der Waals surface area contributed by atoms with Gasteiger partial charge in [-0.25, -0.2) is 0 Å². The Morgan fingerprint density at radius 1 is 1.10 bits per heavy atom. The highest BCUT2D eigenvalue weighted by Crippen LogP contribution is 2.33. The molecule has 1 rings (SSSR count). The van der Waals surface area contributed by atoms with E-state index in [2.05, 4.69) is 5.32 Å². The Kier molecular flexibility index (Phi) is 9.93. The number of aliphatic hydroxyl groups is 1. The molecule has 0 fully saturated rings. The molecule has 0 radical (unpaired) electrons. The van der Waals surface area contributed by atoms with E-state index < -0.39 is 38.9 Å². The quantitative estimate of drug-likeness (QED) is 0.313. The fourth-order valence-corrected chi connectivity index (χ4v) is 3.54. The van der Waals surface area contributed by atoms with Crippen LogP contribution >= 0.6 is 0 Å². The number of hydrogen-bond donors (Lipinski definition) is 3. The summed E-state index contributed by atoms with van der Waals surface area (Å²) in [5, 5.41) is 21.4. The number of halogens is 3. The second-order valence-electron chi connectivity index (χ2n) is 7.61. The summed E-state index contributed by atoms with van der Waals surface area (Å²) in [6.07, 6.45) is 0.115. The van der Waals surface area contributed by atoms with Gasteiger partial charge in [-0.3, -0.25) is 9.35 Å². The Bertz CT molecular complexity index is 893. The maximum Gasteiger partial charge on any atom is 0.417 e. The number of alkyl halides is 3. The molecule has 0 aliphatic heterocycles. The highest BCUT2D eigenvalue weighted by molar-refractivity contribution is 7.85. The first-order chi connectivity index (χ1) is 14.3. The minimum absolute atomic E-state index is 0.115. The number of unbranched alkanes of at least 4 members (excludes halogenated alkanes) is 6. The van der Waals surface area contributed by atoms with Crippen molar-refractivity contribution in [3.63, 3.8) is 0 Å². The first kappa shape index (κ1) is 26.9. The Hall–Kier alpha value is -2.16. The molecule has 1 unspecified atom stereocenters. The van der Waals surface area contributed by atoms with Crippen LogP contribution in [0.3, 0.4) is 0 Å². The molecule has 0 aromatic heterocycles. The van der Waals surface area contributed by atoms with Gasteiger partial charge in [-0.15, -0.1) is 0 Å². The van der Waals surface area contributed by atoms with Gasteiger partial charge in [0.25, 0.3) is 16.0 Å². The molecule has 0 saturated heterocycles. The van der Waals surface area contributed by atoms with E-state index >= 15 is 0 Å². The fourth-order valence-electron chi connectivity index (χ4n) is 2.97. The van der Waals surface area contributed by atoms with Gasteiger partial charge in [0.2, 0.25) is 0 Å². The maximum atomic E-state index is 13.0. The van der Waals surface area contributed by atoms with Crippen molar-refractivity contribution in [2.75, 3.05) is 11.1 Å². The van der Waals surface area contributed by atoms with Gasteiger partial charge in [-0.05, 0) is 38.0 Å². The van der Waals surface area contributed by atoms with Crippen LogP contribution in [0, 0.1) is 11.3 Å². The molecule has 1 aromatic rings. The topological polar surface area (TPSA) is 127 Å². The van der Waals surface area contributed by atoms with Crippen molar-refractivity contribution < 1.29 is 36.0 Å². The second kappa shape index (κ2) is 11.5. The third-order valence-corrected chi connectivity index (χ3v) is 5.56. The van der Waals surface area contributed by atoms with E-state index in [1.807, 2.05) is 0 Å². The van der Waals surface area contributed by atoms with E-state index in [4.69, 9.17) is 9.81 Å². The number of nitriles is 1. The number of benzene rings is 1. The molecule has 0 bridgehead atoms. The normalized spacial score (nSPS) is 14.0. The zero-order valence-corrected chi connectivity index (χ0v) is 18.0. The lowest BCUT2D eigenvalue weighted by Gasteiger charge is -2.22. The third kappa shape index (κ3) is 10.1. The summed E-state index contributed by atoms with van der Waals surface area (Å²) >= 11 is 0. The molecule has 31 heavy (non-hydrogen) atoms. The van der Waals surface area contributed by atoms with Crippen LogP contribution in [0.1, 0.15) is 69.4 Å². The van der Waals surface area contributed by atoms with Crippen molar-refractivity contribution in [1.82, 2.24) is 0 Å². The lowest BCUT2D eigenvalue weighted by atomic mass is 9.96. The summed E-state index contributed by atoms with van der Waals surface area (Å²) in [6, 6.07) is 4.25. The monoisotopic (exact) mass is 464 g/mol. The Balaban J connectivity index is 2.44. The second-order valence-corrected chi connectivity index (χ2v) is 9.18. The number of carbonyl (C=O) groups is 1. The largest absolute Gasteiger partial charge is 0.417 e. The van der Waals surface area contributed by atoms with Crippen LogP contribution in [-0.4, -0.2) is 35.3 Å². The van der Waals surface area contributed by atoms with Gasteiger partial charge in [-0.1, -0.05) is 38.5 Å². The van der Waals surface area contributed by atoms with Gasteiger partial charge >= 0.3 is 6.18 Å². The van der Waals surface area contributed by atoms with E-state index in [-0.39, 0.29) is 17.9 Å². The van der Waals surface area contributed by atoms with Crippen molar-refractivity contribution in [3.05, 3.63) is 29.3 Å². The molecule has 1 aromatic carbocycles. The van der Waals surface area contributed by atoms with Crippen molar-refractivity contribution in [3.8, 4) is 6.07 Å². The van der Waals surface area contributed by atoms with Crippen LogP contribution < -0.4 is 5.32 Å². The number of nitrogens with one attached hydrogen (secondary N) is 1. The Labute approximate surface area is 180 Å². The van der Waals surface area contributed by atoms with Crippen LogP contribution in [-0.2, 0) is 21.1 Å². The number of nitrogens with zero attached hydrogens (tertiary/aromatic N) is 1. The highest BCUT2D eigenvalue weighted by Gasteiger charge is 2.35. The first-order valence-electron chi connectivity index (χ1n) is 9.86. The fraction of sp³-hybridized carbons (Fsp3) is 0.600. The highest BCUT2D eigenvalue weighted by atomic mass is 32.2. The zero-order chi connectivity index (χ0) is 23.7. The Morgan fingerprint density at radius 3 is 2.16 bits per heavy atom. The predicted octanol–water partition coefficient (Wildman–Crippen LogP) is 4.28. The van der Waals surface area contributed by atoms with Crippen molar-refractivity contribution in [1.29, 1.82) is 5.26 Å². The van der Waals surface area contributed by atoms with Gasteiger partial charge in [-0.2, -0.15) is 26.9 Å². The number of carbonyl (C=O) groups excluding carboxylic acids is 1. The molecule has 0 heterocycles. The molecule has 11 heteroatoms. The average Bonchev–Trinajstić information content (AvgIpc) is 2.65. The van der Waals surface area contributed by atoms with Crippen LogP contribution in [0.4, 0.5) is 18.9 Å². The van der Waals surface area contributed by atoms with Gasteiger partial charge in [0, 0.05) is 5.69 Å². The zero-order valence-electron chi connectivity index (χ0n) is 17.2. The number of hydrogen-bond acceptors (Lipinski definition) is 5. The van der Waals surface area contributed by atoms with Crippen LogP contribution in [0.25, 0.3) is 0 Å². The molecule has 3 N–H and O–H groups in total. The summed E-state index contributed by atoms with van der Waals surface area (Å²) in [5.74, 6) is -1.09. The SMILES string of the molecule is CC(O)(CCCCCCCCCS(=O)(=O)O)C(=O)Nc1ccc(C#N)c(C(F)(F)F)c1. The lowest BCUT2D eigenvalue weighted by molar-refractivity contribution is -0.138. The van der Waals surface area contributed by atoms with Crippen LogP contribution in [0.15, 0.2) is 18.2 Å². The molecule has 1 atom stereocenters. The van der Waals surface area contributed by atoms with Gasteiger partial charge < -0.3 is 10.4 Å². The van der Waals surface area contributed by atoms with Crippen LogP contribution in [0.2, 0.25) is 0 Å². The standard InChI is InChI=1S/C20H27F3N2O5S/c1-19(27,11-7-5-3-2-4-6-8-12-31(28,29)30)18(26)25-16-10-9-15(14-24)17(13-16)20(21,22)23/h9-10,13,27H,2-8,11-12H2,1H3,(H,25,26)(H,28,29,30). The average molecular weight is 465 g/mol. The first-order valence-corrected chi connectivity index (χ1v) is 11.5. The maximum absolute atomic E-state index is 13.0. The Morgan fingerprint density at radius 2 is 1.65 bits per heavy atom. The molecule has 0 saturated carbocycles. The van der Waals surface area contributed by atoms with Crippen molar-refractivity contribution >= 4 is 21.7 Å². The predicted molar refractivity (Wildman–Crippen MR) is 109 cm³/mol. The van der Waals surface area contributed by atoms with Crippen molar-refractivity contribution in [2.24, 2.45) is 0 Å². The minimum Gasteiger partial charge on any atom is -0.380 e. The summed E-state index contributed by atoms with van der Waals surface area (Å²) in [4.78, 5) is 12.3. The molecule has 0 spiro atoms. The van der Waals surface area contributed by atoms with Gasteiger partial charge in [0.05, 0.1) is 22.9 Å². The smallest absolute Gasteiger partial charge is 0.380 e. The van der Waals surface area contributed by atoms with E-state index in [1.54, 1.807) is 0 Å². The third-order valence-electron chi connectivity index (χ3n) is 4.76. The van der Waals surface area contributed by atoms with E-state index in [0.29, 0.717) is 25.3 Å². The number of rotatable bonds is 12. The molecule has 0 aliphatic rings. The molecular formula is C20H27F3N2O5S. The molecule has 1 amide bonds. The molecule has 174 valence electrons. The number of amides is 1. The van der Waals surface area contributed by atoms with Gasteiger partial charge in [0.1, 0.15) is 5.60 Å². The molecular weight excluding hydrogens is 437 g/mol. The van der Waals surface area contributed by atoms with Crippen molar-refractivity contribution in [2.45, 2.75) is 70.1 Å². The summed E-state index contributed by atoms with van der Waals surface area (Å²) < 4.78 is 68.9. The van der Waals surface area contributed by atoms with E-state index in [9.17, 15) is 31.5 Å². The summed E-state index contributed by atoms with van der Waals surface area (Å²) in [7, 11) is -3.92. The molecule has 7 nitrogen and oxygen atoms in total. The van der Waals surface area contributed by atoms with Crippen LogP contribution in [0.5, 0.6) is 0 Å².